The number of aryl methyl sites for hydroxylation is 1. The summed E-state index contributed by atoms with van der Waals surface area (Å²) in [6.45, 7) is 4.61. The average molecular weight is 290 g/mol. The standard InChI is InChI=1S/C15H18N2O2S/c1-3-4-9-17-14(18)13(20-15(17)19)10-16-12-7-5-11(2)6-8-12/h5-8,10,18H,3-4,9H2,1-2H3. The van der Waals surface area contributed by atoms with E-state index in [4.69, 9.17) is 0 Å². The minimum absolute atomic E-state index is 0.0179. The number of aliphatic imine (C=N–C) groups is 1. The van der Waals surface area contributed by atoms with E-state index in [1.807, 2.05) is 38.1 Å². The predicted molar refractivity (Wildman–Crippen MR) is 83.6 cm³/mol. The summed E-state index contributed by atoms with van der Waals surface area (Å²) in [5.41, 5.74) is 1.97. The second-order valence-corrected chi connectivity index (χ2v) is 5.65. The van der Waals surface area contributed by atoms with Gasteiger partial charge in [-0.3, -0.25) is 14.4 Å². The number of aromatic nitrogens is 1. The minimum atomic E-state index is -0.138. The summed E-state index contributed by atoms with van der Waals surface area (Å²) in [6, 6.07) is 7.75. The van der Waals surface area contributed by atoms with Crippen molar-refractivity contribution >= 4 is 23.2 Å². The molecule has 2 aromatic rings. The van der Waals surface area contributed by atoms with E-state index in [0.29, 0.717) is 11.4 Å². The normalized spacial score (nSPS) is 11.3. The maximum absolute atomic E-state index is 11.8. The molecule has 0 unspecified atom stereocenters. The van der Waals surface area contributed by atoms with Gasteiger partial charge in [-0.05, 0) is 25.5 Å². The molecule has 1 heterocycles. The lowest BCUT2D eigenvalue weighted by atomic mass is 10.2. The molecule has 0 saturated carbocycles. The molecular weight excluding hydrogens is 272 g/mol. The van der Waals surface area contributed by atoms with E-state index >= 15 is 0 Å². The molecule has 1 aromatic carbocycles. The van der Waals surface area contributed by atoms with Crippen molar-refractivity contribution in [2.75, 3.05) is 0 Å². The number of thiazole rings is 1. The van der Waals surface area contributed by atoms with Gasteiger partial charge < -0.3 is 5.11 Å². The van der Waals surface area contributed by atoms with Crippen LogP contribution < -0.4 is 4.87 Å². The highest BCUT2D eigenvalue weighted by Crippen LogP contribution is 2.20. The Morgan fingerprint density at radius 2 is 2.05 bits per heavy atom. The number of hydrogen-bond donors (Lipinski definition) is 1. The van der Waals surface area contributed by atoms with Gasteiger partial charge in [-0.25, -0.2) is 0 Å². The number of rotatable bonds is 5. The van der Waals surface area contributed by atoms with Crippen LogP contribution >= 0.6 is 11.3 Å². The number of nitrogens with zero attached hydrogens (tertiary/aromatic N) is 2. The van der Waals surface area contributed by atoms with E-state index in [2.05, 4.69) is 4.99 Å². The van der Waals surface area contributed by atoms with Crippen LogP contribution in [0, 0.1) is 6.92 Å². The van der Waals surface area contributed by atoms with Crippen LogP contribution in [-0.4, -0.2) is 15.9 Å². The first kappa shape index (κ1) is 14.5. The van der Waals surface area contributed by atoms with Gasteiger partial charge in [0, 0.05) is 6.54 Å². The zero-order valence-electron chi connectivity index (χ0n) is 11.7. The lowest BCUT2D eigenvalue weighted by molar-refractivity contribution is 0.408. The number of hydrogen-bond acceptors (Lipinski definition) is 4. The molecule has 0 saturated heterocycles. The number of unbranched alkanes of at least 4 members (excludes halogenated alkanes) is 1. The summed E-state index contributed by atoms with van der Waals surface area (Å²) >= 11 is 1.02. The van der Waals surface area contributed by atoms with Crippen LogP contribution in [0.4, 0.5) is 5.69 Å². The van der Waals surface area contributed by atoms with Gasteiger partial charge in [0.1, 0.15) is 4.88 Å². The van der Waals surface area contributed by atoms with E-state index in [-0.39, 0.29) is 10.8 Å². The van der Waals surface area contributed by atoms with Gasteiger partial charge in [0.15, 0.2) is 0 Å². The number of benzene rings is 1. The van der Waals surface area contributed by atoms with Gasteiger partial charge >= 0.3 is 4.87 Å². The first-order chi connectivity index (χ1) is 9.61. The Balaban J connectivity index is 2.21. The maximum Gasteiger partial charge on any atom is 0.310 e. The van der Waals surface area contributed by atoms with Crippen molar-refractivity contribution in [3.8, 4) is 5.88 Å². The van der Waals surface area contributed by atoms with Gasteiger partial charge in [0.05, 0.1) is 11.9 Å². The quantitative estimate of drug-likeness (QED) is 0.857. The van der Waals surface area contributed by atoms with Crippen LogP contribution in [-0.2, 0) is 6.54 Å². The third-order valence-corrected chi connectivity index (χ3v) is 3.90. The molecule has 0 aliphatic carbocycles. The number of aromatic hydroxyl groups is 1. The minimum Gasteiger partial charge on any atom is -0.493 e. The predicted octanol–water partition coefficient (Wildman–Crippen LogP) is 3.47. The fraction of sp³-hybridized carbons (Fsp3) is 0.333. The molecule has 106 valence electrons. The summed E-state index contributed by atoms with van der Waals surface area (Å²) in [5.74, 6) is 0.0179. The van der Waals surface area contributed by atoms with Crippen molar-refractivity contribution in [2.24, 2.45) is 4.99 Å². The fourth-order valence-corrected chi connectivity index (χ4v) is 2.56. The summed E-state index contributed by atoms with van der Waals surface area (Å²) in [7, 11) is 0. The molecule has 1 aromatic heterocycles. The Kier molecular flexibility index (Phi) is 4.74. The molecule has 5 heteroatoms. The second-order valence-electron chi connectivity index (χ2n) is 4.65. The molecule has 0 spiro atoms. The molecule has 0 aliphatic rings. The Hall–Kier alpha value is -1.88. The third kappa shape index (κ3) is 3.36. The van der Waals surface area contributed by atoms with E-state index in [0.717, 1.165) is 29.9 Å². The van der Waals surface area contributed by atoms with Crippen LogP contribution in [0.1, 0.15) is 30.2 Å². The van der Waals surface area contributed by atoms with Gasteiger partial charge in [0.25, 0.3) is 0 Å². The zero-order chi connectivity index (χ0) is 14.5. The lowest BCUT2D eigenvalue weighted by Crippen LogP contribution is -2.12. The maximum atomic E-state index is 11.8. The molecule has 0 aliphatic heterocycles. The van der Waals surface area contributed by atoms with E-state index < -0.39 is 0 Å². The van der Waals surface area contributed by atoms with E-state index in [1.54, 1.807) is 6.21 Å². The largest absolute Gasteiger partial charge is 0.493 e. The summed E-state index contributed by atoms with van der Waals surface area (Å²) in [6.07, 6.45) is 3.40. The SMILES string of the molecule is CCCCn1c(O)c(C=Nc2ccc(C)cc2)sc1=O. The van der Waals surface area contributed by atoms with Crippen LogP contribution in [0.5, 0.6) is 5.88 Å². The molecule has 4 nitrogen and oxygen atoms in total. The van der Waals surface area contributed by atoms with E-state index in [9.17, 15) is 9.90 Å². The van der Waals surface area contributed by atoms with Gasteiger partial charge in [-0.2, -0.15) is 0 Å². The first-order valence-corrected chi connectivity index (χ1v) is 7.46. The summed E-state index contributed by atoms with van der Waals surface area (Å²) in [5, 5.41) is 10.0. The van der Waals surface area contributed by atoms with Crippen molar-refractivity contribution in [3.63, 3.8) is 0 Å². The molecular formula is C15H18N2O2S. The lowest BCUT2D eigenvalue weighted by Gasteiger charge is -2.01. The fourth-order valence-electron chi connectivity index (χ4n) is 1.78. The van der Waals surface area contributed by atoms with Crippen LogP contribution in [0.2, 0.25) is 0 Å². The average Bonchev–Trinajstić information content (AvgIpc) is 2.71. The van der Waals surface area contributed by atoms with Crippen molar-refractivity contribution in [2.45, 2.75) is 33.2 Å². The van der Waals surface area contributed by atoms with E-state index in [1.165, 1.54) is 10.1 Å². The Morgan fingerprint density at radius 1 is 1.35 bits per heavy atom. The van der Waals surface area contributed by atoms with Crippen LogP contribution in [0.25, 0.3) is 0 Å². The van der Waals surface area contributed by atoms with Crippen LogP contribution in [0.15, 0.2) is 34.1 Å². The van der Waals surface area contributed by atoms with Gasteiger partial charge in [-0.1, -0.05) is 42.4 Å². The smallest absolute Gasteiger partial charge is 0.310 e. The van der Waals surface area contributed by atoms with Crippen molar-refractivity contribution < 1.29 is 5.11 Å². The molecule has 0 fully saturated rings. The molecule has 0 bridgehead atoms. The van der Waals surface area contributed by atoms with Gasteiger partial charge in [-0.15, -0.1) is 0 Å². The van der Waals surface area contributed by atoms with Gasteiger partial charge in [0.2, 0.25) is 5.88 Å². The second kappa shape index (κ2) is 6.52. The zero-order valence-corrected chi connectivity index (χ0v) is 12.5. The highest BCUT2D eigenvalue weighted by Gasteiger charge is 2.11. The molecule has 2 rings (SSSR count). The summed E-state index contributed by atoms with van der Waals surface area (Å²) < 4.78 is 1.41. The Labute approximate surface area is 122 Å². The molecule has 20 heavy (non-hydrogen) atoms. The van der Waals surface area contributed by atoms with Crippen molar-refractivity contribution in [1.29, 1.82) is 0 Å². The van der Waals surface area contributed by atoms with Crippen molar-refractivity contribution in [1.82, 2.24) is 4.57 Å². The third-order valence-electron chi connectivity index (χ3n) is 2.99. The highest BCUT2D eigenvalue weighted by atomic mass is 32.1. The topological polar surface area (TPSA) is 54.6 Å². The van der Waals surface area contributed by atoms with Crippen LogP contribution in [0.3, 0.4) is 0 Å². The Morgan fingerprint density at radius 3 is 2.70 bits per heavy atom. The molecule has 0 amide bonds. The molecule has 0 radical (unpaired) electrons. The first-order valence-electron chi connectivity index (χ1n) is 6.65. The highest BCUT2D eigenvalue weighted by molar-refractivity contribution is 7.11. The summed E-state index contributed by atoms with van der Waals surface area (Å²) in [4.78, 5) is 16.4. The molecule has 1 N–H and O–H groups in total. The molecule has 0 atom stereocenters. The Bertz CT molecular complexity index is 654. The monoisotopic (exact) mass is 290 g/mol. The van der Waals surface area contributed by atoms with Crippen molar-refractivity contribution in [3.05, 3.63) is 44.4 Å².